The molecule has 2 aromatic heterocycles. The Morgan fingerprint density at radius 2 is 1.43 bits per heavy atom. The SMILES string of the molecule is CSCCC(NC(=O)C(Cc1cnc[nH]1)NC(=O)C(N)Cc1cnc[nH]1)C(=O)NC(Cc1ccccc1)C(=O)O. The van der Waals surface area contributed by atoms with Gasteiger partial charge in [-0.1, -0.05) is 30.3 Å². The number of H-pyrrole nitrogens is 2. The number of amides is 3. The van der Waals surface area contributed by atoms with Crippen LogP contribution in [-0.2, 0) is 38.4 Å². The van der Waals surface area contributed by atoms with Crippen LogP contribution in [0.15, 0.2) is 55.4 Å². The van der Waals surface area contributed by atoms with E-state index in [4.69, 9.17) is 5.73 Å². The summed E-state index contributed by atoms with van der Waals surface area (Å²) in [5.74, 6) is -2.47. The lowest BCUT2D eigenvalue weighted by atomic mass is 10.0. The highest BCUT2D eigenvalue weighted by Gasteiger charge is 2.30. The average Bonchev–Trinajstić information content (AvgIpc) is 3.65. The van der Waals surface area contributed by atoms with Crippen LogP contribution in [0, 0.1) is 0 Å². The second kappa shape index (κ2) is 15.4. The van der Waals surface area contributed by atoms with E-state index in [-0.39, 0.29) is 25.7 Å². The van der Waals surface area contributed by atoms with E-state index < -0.39 is 47.9 Å². The van der Waals surface area contributed by atoms with E-state index in [0.717, 1.165) is 5.56 Å². The second-order valence-electron chi connectivity index (χ2n) is 9.16. The van der Waals surface area contributed by atoms with Crippen molar-refractivity contribution in [2.24, 2.45) is 5.73 Å². The minimum Gasteiger partial charge on any atom is -0.480 e. The van der Waals surface area contributed by atoms with Crippen LogP contribution in [0.2, 0.25) is 0 Å². The van der Waals surface area contributed by atoms with Gasteiger partial charge in [0.25, 0.3) is 0 Å². The molecule has 14 heteroatoms. The zero-order chi connectivity index (χ0) is 28.9. The van der Waals surface area contributed by atoms with Gasteiger partial charge in [-0.3, -0.25) is 14.4 Å². The van der Waals surface area contributed by atoms with Gasteiger partial charge in [-0.2, -0.15) is 11.8 Å². The number of carboxylic acids is 1. The number of nitrogens with two attached hydrogens (primary N) is 1. The summed E-state index contributed by atoms with van der Waals surface area (Å²) in [7, 11) is 0. The molecule has 0 saturated heterocycles. The molecule has 0 bridgehead atoms. The number of carboxylic acid groups (broad SMARTS) is 1. The minimum atomic E-state index is -1.19. The van der Waals surface area contributed by atoms with E-state index in [1.54, 1.807) is 30.5 Å². The van der Waals surface area contributed by atoms with Gasteiger partial charge in [0.1, 0.15) is 18.1 Å². The van der Waals surface area contributed by atoms with Crippen molar-refractivity contribution in [1.29, 1.82) is 0 Å². The van der Waals surface area contributed by atoms with Crippen molar-refractivity contribution < 1.29 is 24.3 Å². The molecular formula is C26H34N8O5S. The minimum absolute atomic E-state index is 0.0664. The maximum absolute atomic E-state index is 13.4. The summed E-state index contributed by atoms with van der Waals surface area (Å²) in [5, 5.41) is 17.6. The Morgan fingerprint density at radius 1 is 0.850 bits per heavy atom. The highest BCUT2D eigenvalue weighted by Crippen LogP contribution is 2.08. The maximum atomic E-state index is 13.4. The van der Waals surface area contributed by atoms with Gasteiger partial charge in [-0.25, -0.2) is 14.8 Å². The number of nitrogens with one attached hydrogen (secondary N) is 5. The third-order valence-corrected chi connectivity index (χ3v) is 6.73. The molecule has 0 radical (unpaired) electrons. The molecule has 0 aliphatic carbocycles. The smallest absolute Gasteiger partial charge is 0.326 e. The first-order valence-corrected chi connectivity index (χ1v) is 14.0. The number of carbonyl (C=O) groups excluding carboxylic acids is 3. The Kier molecular flexibility index (Phi) is 11.7. The third kappa shape index (κ3) is 9.54. The lowest BCUT2D eigenvalue weighted by Gasteiger charge is -2.25. The van der Waals surface area contributed by atoms with Crippen LogP contribution >= 0.6 is 11.8 Å². The van der Waals surface area contributed by atoms with E-state index in [1.807, 2.05) is 12.3 Å². The predicted octanol–water partition coefficient (Wildman–Crippen LogP) is -0.220. The van der Waals surface area contributed by atoms with Gasteiger partial charge in [0.15, 0.2) is 0 Å². The molecule has 3 aromatic rings. The fraction of sp³-hybridized carbons (Fsp3) is 0.385. The zero-order valence-electron chi connectivity index (χ0n) is 22.0. The first kappa shape index (κ1) is 30.4. The van der Waals surface area contributed by atoms with Crippen LogP contribution in [0.5, 0.6) is 0 Å². The summed E-state index contributed by atoms with van der Waals surface area (Å²) in [6, 6.07) is 4.67. The predicted molar refractivity (Wildman–Crippen MR) is 149 cm³/mol. The van der Waals surface area contributed by atoms with Crippen LogP contribution in [0.4, 0.5) is 0 Å². The Morgan fingerprint density at radius 3 is 2.00 bits per heavy atom. The van der Waals surface area contributed by atoms with Crippen molar-refractivity contribution in [2.75, 3.05) is 12.0 Å². The van der Waals surface area contributed by atoms with Crippen molar-refractivity contribution in [3.8, 4) is 0 Å². The van der Waals surface area contributed by atoms with E-state index >= 15 is 0 Å². The van der Waals surface area contributed by atoms with Crippen LogP contribution in [0.1, 0.15) is 23.4 Å². The standard InChI is InChI=1S/C26H34N8O5S/c1-40-8-7-20(24(36)34-22(26(38)39)9-16-5-3-2-4-6-16)32-25(37)21(11-18-13-29-15-31-18)33-23(35)19(27)10-17-12-28-14-30-17/h2-6,12-15,19-22H,7-11,27H2,1H3,(H,28,30)(H,29,31)(H,32,37)(H,33,35)(H,34,36)(H,38,39). The van der Waals surface area contributed by atoms with Crippen LogP contribution < -0.4 is 21.7 Å². The highest BCUT2D eigenvalue weighted by molar-refractivity contribution is 7.98. The first-order chi connectivity index (χ1) is 19.3. The monoisotopic (exact) mass is 570 g/mol. The molecule has 4 atom stereocenters. The number of thioether (sulfide) groups is 1. The van der Waals surface area contributed by atoms with Crippen LogP contribution in [0.3, 0.4) is 0 Å². The molecule has 0 fully saturated rings. The van der Waals surface area contributed by atoms with Crippen LogP contribution in [-0.4, -0.2) is 84.9 Å². The Labute approximate surface area is 235 Å². The topological polar surface area (TPSA) is 208 Å². The third-order valence-electron chi connectivity index (χ3n) is 6.08. The number of rotatable bonds is 16. The van der Waals surface area contributed by atoms with Gasteiger partial charge in [0, 0.05) is 43.0 Å². The average molecular weight is 571 g/mol. The molecule has 3 amide bonds. The molecule has 0 spiro atoms. The molecule has 0 saturated carbocycles. The van der Waals surface area contributed by atoms with Crippen molar-refractivity contribution >= 4 is 35.5 Å². The number of hydrogen-bond acceptors (Lipinski definition) is 8. The van der Waals surface area contributed by atoms with Gasteiger partial charge < -0.3 is 36.8 Å². The number of aromatic nitrogens is 4. The van der Waals surface area contributed by atoms with Crippen molar-refractivity contribution in [3.63, 3.8) is 0 Å². The number of nitrogens with zero attached hydrogens (tertiary/aromatic N) is 2. The molecule has 0 aliphatic rings. The molecule has 4 unspecified atom stereocenters. The molecule has 1 aromatic carbocycles. The van der Waals surface area contributed by atoms with Gasteiger partial charge in [-0.05, 0) is 24.0 Å². The molecule has 0 aliphatic heterocycles. The lowest BCUT2D eigenvalue weighted by molar-refractivity contribution is -0.142. The quantitative estimate of drug-likeness (QED) is 0.121. The summed E-state index contributed by atoms with van der Waals surface area (Å²) in [6.07, 6.45) is 8.44. The summed E-state index contributed by atoms with van der Waals surface area (Å²) in [5.41, 5.74) is 8.05. The fourth-order valence-corrected chi connectivity index (χ4v) is 4.40. The largest absolute Gasteiger partial charge is 0.480 e. The normalized spacial score (nSPS) is 13.9. The van der Waals surface area contributed by atoms with Gasteiger partial charge in [0.05, 0.1) is 18.7 Å². The van der Waals surface area contributed by atoms with E-state index in [1.165, 1.54) is 30.6 Å². The van der Waals surface area contributed by atoms with Crippen LogP contribution in [0.25, 0.3) is 0 Å². The number of imidazole rings is 2. The Balaban J connectivity index is 1.71. The fourth-order valence-electron chi connectivity index (χ4n) is 3.93. The van der Waals surface area contributed by atoms with E-state index in [2.05, 4.69) is 35.9 Å². The Hall–Kier alpha value is -4.17. The van der Waals surface area contributed by atoms with Crippen molar-refractivity contribution in [1.82, 2.24) is 35.9 Å². The second-order valence-corrected chi connectivity index (χ2v) is 10.1. The van der Waals surface area contributed by atoms with Crippen molar-refractivity contribution in [3.05, 3.63) is 72.3 Å². The zero-order valence-corrected chi connectivity index (χ0v) is 22.8. The summed E-state index contributed by atoms with van der Waals surface area (Å²) in [6.45, 7) is 0. The molecule has 40 heavy (non-hydrogen) atoms. The molecule has 13 nitrogen and oxygen atoms in total. The first-order valence-electron chi connectivity index (χ1n) is 12.6. The lowest BCUT2D eigenvalue weighted by Crippen LogP contribution is -2.58. The maximum Gasteiger partial charge on any atom is 0.326 e. The Bertz CT molecular complexity index is 1220. The number of benzene rings is 1. The molecule has 8 N–H and O–H groups in total. The van der Waals surface area contributed by atoms with Crippen molar-refractivity contribution in [2.45, 2.75) is 49.9 Å². The van der Waals surface area contributed by atoms with Gasteiger partial charge in [-0.15, -0.1) is 0 Å². The van der Waals surface area contributed by atoms with Gasteiger partial charge >= 0.3 is 5.97 Å². The summed E-state index contributed by atoms with van der Waals surface area (Å²) < 4.78 is 0. The number of carbonyl (C=O) groups is 4. The summed E-state index contributed by atoms with van der Waals surface area (Å²) >= 11 is 1.48. The highest BCUT2D eigenvalue weighted by atomic mass is 32.2. The number of aromatic amines is 2. The van der Waals surface area contributed by atoms with Gasteiger partial charge in [0.2, 0.25) is 17.7 Å². The molecule has 214 valence electrons. The van der Waals surface area contributed by atoms with E-state index in [0.29, 0.717) is 17.1 Å². The molecule has 3 rings (SSSR count). The number of aliphatic carboxylic acids is 1. The molecular weight excluding hydrogens is 536 g/mol. The summed E-state index contributed by atoms with van der Waals surface area (Å²) in [4.78, 5) is 65.0. The molecule has 2 heterocycles. The van der Waals surface area contributed by atoms with E-state index in [9.17, 15) is 24.3 Å². The number of hydrogen-bond donors (Lipinski definition) is 7.